The Balaban J connectivity index is 1.62. The third-order valence-electron chi connectivity index (χ3n) is 5.01. The summed E-state index contributed by atoms with van der Waals surface area (Å²) < 4.78 is 0. The molecule has 2 atom stereocenters. The van der Waals surface area contributed by atoms with Crippen LogP contribution in [0.15, 0.2) is 24.3 Å². The maximum atomic E-state index is 12.0. The molecule has 2 N–H and O–H groups in total. The molecule has 2 fully saturated rings. The maximum Gasteiger partial charge on any atom is 0.223 e. The molecule has 22 heavy (non-hydrogen) atoms. The van der Waals surface area contributed by atoms with Crippen molar-refractivity contribution in [3.05, 3.63) is 35.4 Å². The molecule has 0 radical (unpaired) electrons. The number of piperidine rings is 1. The van der Waals surface area contributed by atoms with Gasteiger partial charge in [-0.2, -0.15) is 0 Å². The lowest BCUT2D eigenvalue weighted by Crippen LogP contribution is -2.53. The molecule has 4 heteroatoms. The molecule has 1 aromatic carbocycles. The van der Waals surface area contributed by atoms with Gasteiger partial charge in [-0.15, -0.1) is 0 Å². The van der Waals surface area contributed by atoms with Gasteiger partial charge in [0.2, 0.25) is 5.91 Å². The second-order valence-corrected chi connectivity index (χ2v) is 6.78. The summed E-state index contributed by atoms with van der Waals surface area (Å²) in [6, 6.07) is 8.54. The average Bonchev–Trinajstić information content (AvgIpc) is 3.35. The summed E-state index contributed by atoms with van der Waals surface area (Å²) in [7, 11) is 0. The van der Waals surface area contributed by atoms with E-state index in [4.69, 9.17) is 0 Å². The van der Waals surface area contributed by atoms with E-state index in [-0.39, 0.29) is 30.4 Å². The Labute approximate surface area is 132 Å². The third kappa shape index (κ3) is 3.68. The van der Waals surface area contributed by atoms with E-state index < -0.39 is 0 Å². The summed E-state index contributed by atoms with van der Waals surface area (Å²) >= 11 is 0. The second-order valence-electron chi connectivity index (χ2n) is 6.78. The van der Waals surface area contributed by atoms with Crippen LogP contribution in [-0.4, -0.2) is 41.7 Å². The zero-order valence-electron chi connectivity index (χ0n) is 13.3. The number of amides is 1. The van der Waals surface area contributed by atoms with Gasteiger partial charge in [0.1, 0.15) is 0 Å². The van der Waals surface area contributed by atoms with Crippen molar-refractivity contribution < 1.29 is 9.90 Å². The number of carbonyl (C=O) groups excluding carboxylic acids is 1. The molecule has 0 spiro atoms. The lowest BCUT2D eigenvalue weighted by atomic mass is 9.91. The molecule has 2 aliphatic rings. The van der Waals surface area contributed by atoms with Crippen LogP contribution < -0.4 is 5.32 Å². The van der Waals surface area contributed by atoms with E-state index in [0.717, 1.165) is 38.9 Å². The average molecular weight is 302 g/mol. The first-order valence-electron chi connectivity index (χ1n) is 8.35. The molecular weight excluding hydrogens is 276 g/mol. The molecule has 1 aliphatic heterocycles. The summed E-state index contributed by atoms with van der Waals surface area (Å²) in [5.41, 5.74) is 2.66. The number of rotatable bonds is 5. The molecule has 1 aromatic rings. The van der Waals surface area contributed by atoms with Crippen molar-refractivity contribution in [1.29, 1.82) is 0 Å². The second kappa shape index (κ2) is 6.80. The summed E-state index contributed by atoms with van der Waals surface area (Å²) in [5, 5.41) is 12.8. The first-order valence-corrected chi connectivity index (χ1v) is 8.35. The van der Waals surface area contributed by atoms with Crippen LogP contribution in [-0.2, 0) is 11.3 Å². The summed E-state index contributed by atoms with van der Waals surface area (Å²) in [6.07, 6.45) is 2.99. The molecule has 3 rings (SSSR count). The predicted molar refractivity (Wildman–Crippen MR) is 86.3 cm³/mol. The standard InChI is InChI=1S/C18H26N2O2/c1-13-4-2-3-5-15(13)10-20-9-8-16(12-21)17(11-20)19-18(22)14-6-7-14/h2-5,14,16-17,21H,6-12H2,1H3,(H,19,22)/t16-,17-/m1/s1. The van der Waals surface area contributed by atoms with E-state index in [2.05, 4.69) is 41.4 Å². The quantitative estimate of drug-likeness (QED) is 0.870. The summed E-state index contributed by atoms with van der Waals surface area (Å²) in [5.74, 6) is 0.600. The van der Waals surface area contributed by atoms with Gasteiger partial charge in [-0.1, -0.05) is 24.3 Å². The lowest BCUT2D eigenvalue weighted by molar-refractivity contribution is -0.124. The molecule has 4 nitrogen and oxygen atoms in total. The highest BCUT2D eigenvalue weighted by molar-refractivity contribution is 5.81. The topological polar surface area (TPSA) is 52.6 Å². The summed E-state index contributed by atoms with van der Waals surface area (Å²) in [4.78, 5) is 14.4. The van der Waals surface area contributed by atoms with Crippen LogP contribution >= 0.6 is 0 Å². The third-order valence-corrected chi connectivity index (χ3v) is 5.01. The van der Waals surface area contributed by atoms with E-state index in [0.29, 0.717) is 0 Å². The zero-order chi connectivity index (χ0) is 15.5. The number of aliphatic hydroxyl groups is 1. The van der Waals surface area contributed by atoms with Crippen LogP contribution in [0.3, 0.4) is 0 Å². The molecule has 120 valence electrons. The SMILES string of the molecule is Cc1ccccc1CN1CC[C@H](CO)[C@H](NC(=O)C2CC2)C1. The number of benzene rings is 1. The van der Waals surface area contributed by atoms with Crippen molar-refractivity contribution in [3.63, 3.8) is 0 Å². The number of likely N-dealkylation sites (tertiary alicyclic amines) is 1. The predicted octanol–water partition coefficient (Wildman–Crippen LogP) is 1.70. The maximum absolute atomic E-state index is 12.0. The Hall–Kier alpha value is -1.39. The summed E-state index contributed by atoms with van der Waals surface area (Å²) in [6.45, 7) is 5.03. The van der Waals surface area contributed by atoms with Crippen LogP contribution in [0.25, 0.3) is 0 Å². The minimum absolute atomic E-state index is 0.0795. The molecule has 1 saturated heterocycles. The fraction of sp³-hybridized carbons (Fsp3) is 0.611. The van der Waals surface area contributed by atoms with Crippen molar-refractivity contribution in [1.82, 2.24) is 10.2 Å². The van der Waals surface area contributed by atoms with Crippen LogP contribution in [0.1, 0.15) is 30.4 Å². The highest BCUT2D eigenvalue weighted by atomic mass is 16.3. The van der Waals surface area contributed by atoms with Crippen LogP contribution in [0.5, 0.6) is 0 Å². The van der Waals surface area contributed by atoms with E-state index in [1.807, 2.05) is 0 Å². The number of nitrogens with one attached hydrogen (secondary N) is 1. The molecule has 1 heterocycles. The first-order chi connectivity index (χ1) is 10.7. The van der Waals surface area contributed by atoms with Crippen molar-refractivity contribution in [2.75, 3.05) is 19.7 Å². The van der Waals surface area contributed by atoms with E-state index in [9.17, 15) is 9.90 Å². The van der Waals surface area contributed by atoms with Gasteiger partial charge in [0.05, 0.1) is 0 Å². The van der Waals surface area contributed by atoms with Gasteiger partial charge in [0, 0.05) is 37.6 Å². The largest absolute Gasteiger partial charge is 0.396 e. The van der Waals surface area contributed by atoms with E-state index >= 15 is 0 Å². The van der Waals surface area contributed by atoms with Gasteiger partial charge in [0.25, 0.3) is 0 Å². The highest BCUT2D eigenvalue weighted by Gasteiger charge is 2.35. The van der Waals surface area contributed by atoms with Gasteiger partial charge in [0.15, 0.2) is 0 Å². The molecule has 0 bridgehead atoms. The highest BCUT2D eigenvalue weighted by Crippen LogP contribution is 2.30. The Bertz CT molecular complexity index is 528. The smallest absolute Gasteiger partial charge is 0.223 e. The molecule has 1 aliphatic carbocycles. The van der Waals surface area contributed by atoms with E-state index in [1.54, 1.807) is 0 Å². The Morgan fingerprint density at radius 1 is 1.32 bits per heavy atom. The van der Waals surface area contributed by atoms with E-state index in [1.165, 1.54) is 11.1 Å². The first kappa shape index (κ1) is 15.5. The minimum Gasteiger partial charge on any atom is -0.396 e. The Morgan fingerprint density at radius 2 is 2.09 bits per heavy atom. The molecule has 1 saturated carbocycles. The number of carbonyl (C=O) groups is 1. The van der Waals surface area contributed by atoms with Crippen molar-refractivity contribution in [2.45, 2.75) is 38.8 Å². The van der Waals surface area contributed by atoms with Gasteiger partial charge in [-0.25, -0.2) is 0 Å². The number of aliphatic hydroxyl groups excluding tert-OH is 1. The normalized spacial score (nSPS) is 25.9. The zero-order valence-corrected chi connectivity index (χ0v) is 13.3. The fourth-order valence-corrected chi connectivity index (χ4v) is 3.27. The molecule has 0 unspecified atom stereocenters. The number of hydrogen-bond donors (Lipinski definition) is 2. The van der Waals surface area contributed by atoms with Crippen LogP contribution in [0.4, 0.5) is 0 Å². The monoisotopic (exact) mass is 302 g/mol. The molecular formula is C18H26N2O2. The fourth-order valence-electron chi connectivity index (χ4n) is 3.27. The van der Waals surface area contributed by atoms with Gasteiger partial charge in [-0.05, 0) is 43.9 Å². The van der Waals surface area contributed by atoms with Gasteiger partial charge in [-0.3, -0.25) is 9.69 Å². The van der Waals surface area contributed by atoms with Crippen molar-refractivity contribution >= 4 is 5.91 Å². The number of nitrogens with zero attached hydrogens (tertiary/aromatic N) is 1. The number of aryl methyl sites for hydroxylation is 1. The van der Waals surface area contributed by atoms with Crippen LogP contribution in [0, 0.1) is 18.8 Å². The Kier molecular flexibility index (Phi) is 4.79. The molecule has 0 aromatic heterocycles. The number of hydrogen-bond acceptors (Lipinski definition) is 3. The van der Waals surface area contributed by atoms with Gasteiger partial charge >= 0.3 is 0 Å². The molecule has 1 amide bonds. The Morgan fingerprint density at radius 3 is 2.77 bits per heavy atom. The minimum atomic E-state index is 0.0795. The van der Waals surface area contributed by atoms with Crippen LogP contribution in [0.2, 0.25) is 0 Å². The van der Waals surface area contributed by atoms with Crippen molar-refractivity contribution in [3.8, 4) is 0 Å². The van der Waals surface area contributed by atoms with Crippen molar-refractivity contribution in [2.24, 2.45) is 11.8 Å². The lowest BCUT2D eigenvalue weighted by Gasteiger charge is -2.38. The van der Waals surface area contributed by atoms with Gasteiger partial charge < -0.3 is 10.4 Å².